The Balaban J connectivity index is 1.71. The van der Waals surface area contributed by atoms with Gasteiger partial charge >= 0.3 is 0 Å². The summed E-state index contributed by atoms with van der Waals surface area (Å²) in [5, 5.41) is 5.97. The summed E-state index contributed by atoms with van der Waals surface area (Å²) < 4.78 is 13.5. The second-order valence-electron chi connectivity index (χ2n) is 4.68. The van der Waals surface area contributed by atoms with Gasteiger partial charge in [0, 0.05) is 17.8 Å². The van der Waals surface area contributed by atoms with E-state index in [1.165, 1.54) is 6.07 Å². The van der Waals surface area contributed by atoms with Gasteiger partial charge in [-0.05, 0) is 45.8 Å². The van der Waals surface area contributed by atoms with Crippen LogP contribution in [0.5, 0.6) is 0 Å². The molecule has 0 bridgehead atoms. The van der Waals surface area contributed by atoms with Crippen molar-refractivity contribution < 1.29 is 9.18 Å². The molecule has 102 valence electrons. The van der Waals surface area contributed by atoms with Gasteiger partial charge in [0.15, 0.2) is 0 Å². The fraction of sp³-hybridized carbons (Fsp3) is 0.133. The van der Waals surface area contributed by atoms with Gasteiger partial charge in [0.05, 0.1) is 4.47 Å². The predicted molar refractivity (Wildman–Crippen MR) is 80.3 cm³/mol. The van der Waals surface area contributed by atoms with Gasteiger partial charge < -0.3 is 10.6 Å². The first-order valence-corrected chi connectivity index (χ1v) is 7.03. The number of fused-ring (bicyclic) bond motifs is 1. The first kappa shape index (κ1) is 13.1. The Morgan fingerprint density at radius 2 is 2.10 bits per heavy atom. The van der Waals surface area contributed by atoms with Gasteiger partial charge in [-0.1, -0.05) is 18.2 Å². The van der Waals surface area contributed by atoms with Crippen molar-refractivity contribution in [3.8, 4) is 0 Å². The predicted octanol–water partition coefficient (Wildman–Crippen LogP) is 3.56. The Morgan fingerprint density at radius 3 is 2.85 bits per heavy atom. The summed E-state index contributed by atoms with van der Waals surface area (Å²) in [6, 6.07) is 12.0. The van der Waals surface area contributed by atoms with E-state index in [-0.39, 0.29) is 17.8 Å². The summed E-state index contributed by atoms with van der Waals surface area (Å²) >= 11 is 3.10. The molecule has 1 aliphatic rings. The third-order valence-electron chi connectivity index (χ3n) is 3.27. The van der Waals surface area contributed by atoms with Crippen LogP contribution in [0, 0.1) is 5.82 Å². The minimum Gasteiger partial charge on any atom is -0.373 e. The molecule has 1 aliphatic heterocycles. The number of benzene rings is 2. The molecule has 0 aromatic heterocycles. The second-order valence-corrected chi connectivity index (χ2v) is 5.53. The van der Waals surface area contributed by atoms with E-state index in [1.807, 2.05) is 24.3 Å². The Morgan fingerprint density at radius 1 is 1.30 bits per heavy atom. The first-order valence-electron chi connectivity index (χ1n) is 6.24. The summed E-state index contributed by atoms with van der Waals surface area (Å²) in [5.74, 6) is -0.478. The molecule has 5 heteroatoms. The smallest absolute Gasteiger partial charge is 0.247 e. The molecule has 0 aliphatic carbocycles. The third kappa shape index (κ3) is 2.54. The van der Waals surface area contributed by atoms with Crippen LogP contribution in [0.15, 0.2) is 46.9 Å². The van der Waals surface area contributed by atoms with Gasteiger partial charge in [-0.2, -0.15) is 0 Å². The van der Waals surface area contributed by atoms with E-state index in [2.05, 4.69) is 26.6 Å². The van der Waals surface area contributed by atoms with E-state index in [1.54, 1.807) is 12.1 Å². The van der Waals surface area contributed by atoms with E-state index in [4.69, 9.17) is 0 Å². The molecule has 3 nitrogen and oxygen atoms in total. The highest BCUT2D eigenvalue weighted by Gasteiger charge is 2.26. The van der Waals surface area contributed by atoms with Crippen LogP contribution in [-0.4, -0.2) is 11.9 Å². The number of amides is 1. The van der Waals surface area contributed by atoms with Crippen molar-refractivity contribution in [3.05, 3.63) is 58.3 Å². The standard InChI is InChI=1S/C15H12BrFN2O/c16-11-8-10(5-6-12(11)17)18-15(20)14-7-9-3-1-2-4-13(9)19-14/h1-6,8,14,19H,7H2,(H,18,20)/t14-/m0/s1. The molecule has 0 radical (unpaired) electrons. The van der Waals surface area contributed by atoms with Crippen LogP contribution >= 0.6 is 15.9 Å². The van der Waals surface area contributed by atoms with Crippen LogP contribution in [0.25, 0.3) is 0 Å². The summed E-state index contributed by atoms with van der Waals surface area (Å²) in [4.78, 5) is 12.2. The number of para-hydroxylation sites is 1. The quantitative estimate of drug-likeness (QED) is 0.881. The Labute approximate surface area is 124 Å². The fourth-order valence-electron chi connectivity index (χ4n) is 2.26. The van der Waals surface area contributed by atoms with E-state index in [0.29, 0.717) is 16.6 Å². The van der Waals surface area contributed by atoms with Gasteiger partial charge in [-0.15, -0.1) is 0 Å². The molecule has 0 saturated carbocycles. The van der Waals surface area contributed by atoms with Gasteiger partial charge in [0.2, 0.25) is 5.91 Å². The van der Waals surface area contributed by atoms with E-state index in [9.17, 15) is 9.18 Å². The molecule has 0 fully saturated rings. The minimum atomic E-state index is -0.352. The number of halogens is 2. The molecule has 0 unspecified atom stereocenters. The summed E-state index contributed by atoms with van der Waals surface area (Å²) in [7, 11) is 0. The molecule has 0 spiro atoms. The number of carbonyl (C=O) groups is 1. The average molecular weight is 335 g/mol. The van der Waals surface area contributed by atoms with Crippen LogP contribution in [0.4, 0.5) is 15.8 Å². The van der Waals surface area contributed by atoms with Crippen molar-refractivity contribution in [2.24, 2.45) is 0 Å². The van der Waals surface area contributed by atoms with Gasteiger partial charge in [-0.25, -0.2) is 4.39 Å². The van der Waals surface area contributed by atoms with Gasteiger partial charge in [0.1, 0.15) is 11.9 Å². The van der Waals surface area contributed by atoms with Crippen molar-refractivity contribution >= 4 is 33.2 Å². The van der Waals surface area contributed by atoms with Crippen LogP contribution < -0.4 is 10.6 Å². The van der Waals surface area contributed by atoms with E-state index in [0.717, 1.165) is 11.3 Å². The maximum absolute atomic E-state index is 13.1. The maximum atomic E-state index is 13.1. The Kier molecular flexibility index (Phi) is 3.44. The summed E-state index contributed by atoms with van der Waals surface area (Å²) in [6.45, 7) is 0. The van der Waals surface area contributed by atoms with Crippen molar-refractivity contribution in [3.63, 3.8) is 0 Å². The van der Waals surface area contributed by atoms with Gasteiger partial charge in [-0.3, -0.25) is 4.79 Å². The molecule has 3 rings (SSSR count). The number of rotatable bonds is 2. The molecule has 1 heterocycles. The summed E-state index contributed by atoms with van der Waals surface area (Å²) in [5.41, 5.74) is 2.70. The highest BCUT2D eigenvalue weighted by molar-refractivity contribution is 9.10. The average Bonchev–Trinajstić information content (AvgIpc) is 2.87. The van der Waals surface area contributed by atoms with Gasteiger partial charge in [0.25, 0.3) is 0 Å². The number of nitrogens with one attached hydrogen (secondary N) is 2. The SMILES string of the molecule is O=C(Nc1ccc(F)c(Br)c1)[C@@H]1Cc2ccccc2N1. The second kappa shape index (κ2) is 5.25. The minimum absolute atomic E-state index is 0.125. The lowest BCUT2D eigenvalue weighted by Crippen LogP contribution is -2.32. The van der Waals surface area contributed by atoms with E-state index >= 15 is 0 Å². The van der Waals surface area contributed by atoms with Crippen LogP contribution in [0.1, 0.15) is 5.56 Å². The molecule has 2 aromatic rings. The lowest BCUT2D eigenvalue weighted by atomic mass is 10.1. The van der Waals surface area contributed by atoms with Crippen LogP contribution in [-0.2, 0) is 11.2 Å². The molecule has 0 saturated heterocycles. The van der Waals surface area contributed by atoms with E-state index < -0.39 is 0 Å². The first-order chi connectivity index (χ1) is 9.63. The number of anilines is 2. The van der Waals surface area contributed by atoms with Crippen molar-refractivity contribution in [1.82, 2.24) is 0 Å². The number of carbonyl (C=O) groups excluding carboxylic acids is 1. The molecular formula is C15H12BrFN2O. The zero-order chi connectivity index (χ0) is 14.1. The molecular weight excluding hydrogens is 323 g/mol. The zero-order valence-electron chi connectivity index (χ0n) is 10.5. The Bertz CT molecular complexity index is 650. The molecule has 2 aromatic carbocycles. The van der Waals surface area contributed by atoms with Crippen molar-refractivity contribution in [2.45, 2.75) is 12.5 Å². The van der Waals surface area contributed by atoms with Crippen molar-refractivity contribution in [1.29, 1.82) is 0 Å². The normalized spacial score (nSPS) is 16.4. The largest absolute Gasteiger partial charge is 0.373 e. The lowest BCUT2D eigenvalue weighted by molar-refractivity contribution is -0.116. The molecule has 2 N–H and O–H groups in total. The number of hydrogen-bond acceptors (Lipinski definition) is 2. The third-order valence-corrected chi connectivity index (χ3v) is 3.88. The highest BCUT2D eigenvalue weighted by Crippen LogP contribution is 2.26. The maximum Gasteiger partial charge on any atom is 0.247 e. The molecule has 20 heavy (non-hydrogen) atoms. The molecule has 1 amide bonds. The summed E-state index contributed by atoms with van der Waals surface area (Å²) in [6.07, 6.45) is 0.657. The Hall–Kier alpha value is -1.88. The van der Waals surface area contributed by atoms with Crippen molar-refractivity contribution in [2.75, 3.05) is 10.6 Å². The zero-order valence-corrected chi connectivity index (χ0v) is 12.1. The van der Waals surface area contributed by atoms with Crippen LogP contribution in [0.3, 0.4) is 0 Å². The molecule has 1 atom stereocenters. The topological polar surface area (TPSA) is 41.1 Å². The van der Waals surface area contributed by atoms with Crippen LogP contribution in [0.2, 0.25) is 0 Å². The fourth-order valence-corrected chi connectivity index (χ4v) is 2.64. The number of hydrogen-bond donors (Lipinski definition) is 2. The monoisotopic (exact) mass is 334 g/mol. The highest BCUT2D eigenvalue weighted by atomic mass is 79.9. The lowest BCUT2D eigenvalue weighted by Gasteiger charge is -2.12.